The summed E-state index contributed by atoms with van der Waals surface area (Å²) in [6, 6.07) is -0.622. The van der Waals surface area contributed by atoms with Crippen molar-refractivity contribution in [3.63, 3.8) is 0 Å². The SMILES string of the molecule is CCCCC[C@H](O)/C=C/[C@H]1[C@H](O)CC(=O)[C@@H]1C/C=C/CCCC(=O)NC(CO)CO. The third kappa shape index (κ3) is 9.98. The minimum Gasteiger partial charge on any atom is -0.394 e. The van der Waals surface area contributed by atoms with Crippen LogP contribution in [-0.4, -0.2) is 63.6 Å². The maximum Gasteiger partial charge on any atom is 0.220 e. The molecule has 0 bridgehead atoms. The van der Waals surface area contributed by atoms with Crippen molar-refractivity contribution in [2.75, 3.05) is 13.2 Å². The molecule has 0 aromatic rings. The van der Waals surface area contributed by atoms with E-state index in [-0.39, 0.29) is 43.2 Å². The van der Waals surface area contributed by atoms with Gasteiger partial charge in [-0.15, -0.1) is 0 Å². The van der Waals surface area contributed by atoms with E-state index >= 15 is 0 Å². The molecule has 1 amide bonds. The summed E-state index contributed by atoms with van der Waals surface area (Å²) in [7, 11) is 0. The standard InChI is InChI=1S/C23H39NO6/c1-2-3-6-9-18(27)12-13-20-19(21(28)14-22(20)29)10-7-4-5-8-11-23(30)24-17(15-25)16-26/h4,7,12-13,17-20,22,25-27,29H,2-3,5-6,8-11,14-16H2,1H3,(H,24,30)/b7-4+,13-12+/t18-,19+,20+,22+/m0/s1. The number of carbonyl (C=O) groups excluding carboxylic acids is 2. The van der Waals surface area contributed by atoms with Crippen LogP contribution in [0.15, 0.2) is 24.3 Å². The van der Waals surface area contributed by atoms with Crippen LogP contribution in [0.5, 0.6) is 0 Å². The van der Waals surface area contributed by atoms with Crippen LogP contribution in [-0.2, 0) is 9.59 Å². The van der Waals surface area contributed by atoms with E-state index in [1.165, 1.54) is 0 Å². The maximum atomic E-state index is 12.2. The summed E-state index contributed by atoms with van der Waals surface area (Å²) in [5, 5.41) is 40.7. The van der Waals surface area contributed by atoms with Crippen molar-refractivity contribution in [3.8, 4) is 0 Å². The van der Waals surface area contributed by atoms with Gasteiger partial charge in [0.2, 0.25) is 5.91 Å². The van der Waals surface area contributed by atoms with Crippen LogP contribution in [0.3, 0.4) is 0 Å². The molecule has 1 aliphatic rings. The lowest BCUT2D eigenvalue weighted by Crippen LogP contribution is -2.39. The van der Waals surface area contributed by atoms with E-state index in [0.717, 1.165) is 19.3 Å². The molecule has 1 rings (SSSR count). The Morgan fingerprint density at radius 3 is 2.60 bits per heavy atom. The molecule has 1 fully saturated rings. The number of nitrogens with one attached hydrogen (secondary N) is 1. The van der Waals surface area contributed by atoms with Gasteiger partial charge in [0.15, 0.2) is 0 Å². The topological polar surface area (TPSA) is 127 Å². The van der Waals surface area contributed by atoms with Gasteiger partial charge in [-0.2, -0.15) is 0 Å². The fraction of sp³-hybridized carbons (Fsp3) is 0.739. The number of aliphatic hydroxyl groups excluding tert-OH is 4. The van der Waals surface area contributed by atoms with Gasteiger partial charge in [0.25, 0.3) is 0 Å². The first kappa shape index (κ1) is 26.5. The number of hydrogen-bond acceptors (Lipinski definition) is 6. The van der Waals surface area contributed by atoms with Crippen molar-refractivity contribution in [2.45, 2.75) is 83.0 Å². The molecule has 0 aliphatic heterocycles. The van der Waals surface area contributed by atoms with Crippen LogP contribution in [0.2, 0.25) is 0 Å². The van der Waals surface area contributed by atoms with Crippen LogP contribution < -0.4 is 5.32 Å². The van der Waals surface area contributed by atoms with Gasteiger partial charge in [0.1, 0.15) is 5.78 Å². The summed E-state index contributed by atoms with van der Waals surface area (Å²) >= 11 is 0. The van der Waals surface area contributed by atoms with E-state index in [1.54, 1.807) is 12.2 Å². The molecule has 0 spiro atoms. The first-order valence-electron chi connectivity index (χ1n) is 11.2. The number of unbranched alkanes of at least 4 members (excludes halogenated alkanes) is 3. The highest BCUT2D eigenvalue weighted by molar-refractivity contribution is 5.84. The molecule has 0 saturated heterocycles. The zero-order valence-electron chi connectivity index (χ0n) is 18.1. The molecule has 0 radical (unpaired) electrons. The number of rotatable bonds is 15. The highest BCUT2D eigenvalue weighted by atomic mass is 16.3. The van der Waals surface area contributed by atoms with Crippen LogP contribution in [0, 0.1) is 11.8 Å². The highest BCUT2D eigenvalue weighted by Gasteiger charge is 2.39. The normalized spacial score (nSPS) is 23.1. The second-order valence-electron chi connectivity index (χ2n) is 8.10. The number of ketones is 1. The van der Waals surface area contributed by atoms with Crippen LogP contribution in [0.1, 0.15) is 64.7 Å². The average Bonchev–Trinajstić information content (AvgIpc) is 2.99. The van der Waals surface area contributed by atoms with Crippen LogP contribution in [0.25, 0.3) is 0 Å². The number of aliphatic hydroxyl groups is 4. The average molecular weight is 426 g/mol. The Bertz CT molecular complexity index is 558. The van der Waals surface area contributed by atoms with Gasteiger partial charge in [0.05, 0.1) is 31.5 Å². The second-order valence-corrected chi connectivity index (χ2v) is 8.10. The Morgan fingerprint density at radius 2 is 1.93 bits per heavy atom. The summed E-state index contributed by atoms with van der Waals surface area (Å²) in [6.45, 7) is 1.52. The Labute approximate surface area is 179 Å². The van der Waals surface area contributed by atoms with Gasteiger partial charge < -0.3 is 25.7 Å². The van der Waals surface area contributed by atoms with Gasteiger partial charge in [-0.05, 0) is 25.7 Å². The lowest BCUT2D eigenvalue weighted by Gasteiger charge is -2.16. The monoisotopic (exact) mass is 425 g/mol. The number of carbonyl (C=O) groups is 2. The zero-order chi connectivity index (χ0) is 22.4. The van der Waals surface area contributed by atoms with Crippen molar-refractivity contribution in [1.82, 2.24) is 5.32 Å². The quantitative estimate of drug-likeness (QED) is 0.200. The molecule has 4 atom stereocenters. The smallest absolute Gasteiger partial charge is 0.220 e. The largest absolute Gasteiger partial charge is 0.394 e. The van der Waals surface area contributed by atoms with Crippen molar-refractivity contribution < 1.29 is 30.0 Å². The van der Waals surface area contributed by atoms with Crippen LogP contribution in [0.4, 0.5) is 0 Å². The van der Waals surface area contributed by atoms with Crippen molar-refractivity contribution in [2.24, 2.45) is 11.8 Å². The number of Topliss-reactive ketones (excluding diaryl/α,β-unsaturated/α-hetero) is 1. The Kier molecular flexibility index (Phi) is 13.5. The number of hydrogen-bond donors (Lipinski definition) is 5. The molecule has 7 heteroatoms. The first-order valence-corrected chi connectivity index (χ1v) is 11.2. The van der Waals surface area contributed by atoms with Gasteiger partial charge >= 0.3 is 0 Å². The summed E-state index contributed by atoms with van der Waals surface area (Å²) in [5.74, 6) is -0.731. The molecule has 1 saturated carbocycles. The lowest BCUT2D eigenvalue weighted by molar-refractivity contribution is -0.122. The van der Waals surface area contributed by atoms with E-state index in [1.807, 2.05) is 12.2 Å². The summed E-state index contributed by atoms with van der Waals surface area (Å²) in [5.41, 5.74) is 0. The lowest BCUT2D eigenvalue weighted by atomic mass is 9.90. The Hall–Kier alpha value is -1.54. The predicted octanol–water partition coefficient (Wildman–Crippen LogP) is 1.64. The van der Waals surface area contributed by atoms with E-state index in [0.29, 0.717) is 32.1 Å². The molecular formula is C23H39NO6. The molecule has 30 heavy (non-hydrogen) atoms. The molecule has 0 aromatic carbocycles. The van der Waals surface area contributed by atoms with Crippen molar-refractivity contribution in [3.05, 3.63) is 24.3 Å². The van der Waals surface area contributed by atoms with Crippen molar-refractivity contribution in [1.29, 1.82) is 0 Å². The minimum atomic E-state index is -0.704. The van der Waals surface area contributed by atoms with E-state index < -0.39 is 18.2 Å². The summed E-state index contributed by atoms with van der Waals surface area (Å²) in [4.78, 5) is 23.9. The van der Waals surface area contributed by atoms with E-state index in [9.17, 15) is 19.8 Å². The van der Waals surface area contributed by atoms with Gasteiger partial charge in [0, 0.05) is 24.7 Å². The molecule has 5 N–H and O–H groups in total. The number of amides is 1. The Morgan fingerprint density at radius 1 is 1.20 bits per heavy atom. The van der Waals surface area contributed by atoms with Gasteiger partial charge in [-0.25, -0.2) is 0 Å². The predicted molar refractivity (Wildman–Crippen MR) is 116 cm³/mol. The molecule has 0 aromatic heterocycles. The third-order valence-corrected chi connectivity index (χ3v) is 5.53. The van der Waals surface area contributed by atoms with E-state index in [4.69, 9.17) is 10.2 Å². The molecular weight excluding hydrogens is 386 g/mol. The summed E-state index contributed by atoms with van der Waals surface area (Å²) in [6.07, 6.45) is 12.2. The zero-order valence-corrected chi connectivity index (χ0v) is 18.1. The third-order valence-electron chi connectivity index (χ3n) is 5.53. The molecule has 0 heterocycles. The molecule has 7 nitrogen and oxygen atoms in total. The van der Waals surface area contributed by atoms with Crippen LogP contribution >= 0.6 is 0 Å². The minimum absolute atomic E-state index is 0.0423. The fourth-order valence-corrected chi connectivity index (χ4v) is 3.67. The Balaban J connectivity index is 2.40. The van der Waals surface area contributed by atoms with Gasteiger partial charge in [-0.3, -0.25) is 9.59 Å². The molecule has 172 valence electrons. The van der Waals surface area contributed by atoms with E-state index in [2.05, 4.69) is 12.2 Å². The molecule has 1 aliphatic carbocycles. The van der Waals surface area contributed by atoms with Gasteiger partial charge in [-0.1, -0.05) is 50.5 Å². The highest BCUT2D eigenvalue weighted by Crippen LogP contribution is 2.33. The first-order chi connectivity index (χ1) is 14.4. The fourth-order valence-electron chi connectivity index (χ4n) is 3.67. The van der Waals surface area contributed by atoms with Crippen molar-refractivity contribution >= 4 is 11.7 Å². The second kappa shape index (κ2) is 15.3. The maximum absolute atomic E-state index is 12.2. The molecule has 0 unspecified atom stereocenters. The number of allylic oxidation sites excluding steroid dienone is 2. The summed E-state index contributed by atoms with van der Waals surface area (Å²) < 4.78 is 0.